The number of para-hydroxylation sites is 1. The Labute approximate surface area is 130 Å². The van der Waals surface area contributed by atoms with Crippen LogP contribution in [-0.4, -0.2) is 30.5 Å². The zero-order chi connectivity index (χ0) is 15.2. The maximum atomic E-state index is 11.7. The van der Waals surface area contributed by atoms with Crippen molar-refractivity contribution in [2.24, 2.45) is 0 Å². The zero-order valence-electron chi connectivity index (χ0n) is 12.4. The van der Waals surface area contributed by atoms with Crippen LogP contribution < -0.4 is 10.2 Å². The van der Waals surface area contributed by atoms with Crippen molar-refractivity contribution in [3.8, 4) is 0 Å². The van der Waals surface area contributed by atoms with Gasteiger partial charge in [0.05, 0.1) is 12.1 Å². The fraction of sp³-hybridized carbons (Fsp3) is 0.375. The van der Waals surface area contributed by atoms with Crippen LogP contribution in [0.25, 0.3) is 10.9 Å². The van der Waals surface area contributed by atoms with Crippen LogP contribution in [0, 0.1) is 0 Å². The topological polar surface area (TPSA) is 46.4 Å². The largest absolute Gasteiger partial charge is 0.351 e. The van der Waals surface area contributed by atoms with Gasteiger partial charge in [-0.15, -0.1) is 0 Å². The molecule has 1 heterocycles. The fourth-order valence-corrected chi connectivity index (χ4v) is 2.54. The lowest BCUT2D eigenvalue weighted by atomic mass is 10.1. The minimum atomic E-state index is 0.0687. The molecule has 0 aliphatic carbocycles. The van der Waals surface area contributed by atoms with Crippen molar-refractivity contribution in [1.29, 1.82) is 0 Å². The average Bonchev–Trinajstić information content (AvgIpc) is 2.47. The summed E-state index contributed by atoms with van der Waals surface area (Å²) in [4.78, 5) is 17.3. The van der Waals surface area contributed by atoms with Crippen molar-refractivity contribution in [2.75, 3.05) is 19.6 Å². The number of halogens is 1. The van der Waals surface area contributed by atoms with Crippen LogP contribution in [-0.2, 0) is 11.3 Å². The first-order valence-corrected chi connectivity index (χ1v) is 7.66. The Balaban J connectivity index is 2.17. The van der Waals surface area contributed by atoms with Crippen LogP contribution in [0.2, 0.25) is 5.15 Å². The second kappa shape index (κ2) is 7.38. The van der Waals surface area contributed by atoms with Gasteiger partial charge in [-0.05, 0) is 26.0 Å². The summed E-state index contributed by atoms with van der Waals surface area (Å²) >= 11 is 6.28. The Morgan fingerprint density at radius 2 is 2.10 bits per heavy atom. The summed E-state index contributed by atoms with van der Waals surface area (Å²) < 4.78 is 0. The van der Waals surface area contributed by atoms with E-state index in [1.54, 1.807) is 0 Å². The number of fused-ring (bicyclic) bond motifs is 1. The summed E-state index contributed by atoms with van der Waals surface area (Å²) in [5, 5.41) is 4.43. The number of likely N-dealkylation sites (N-methyl/N-ethyl adjacent to an activating group) is 2. The van der Waals surface area contributed by atoms with E-state index in [4.69, 9.17) is 11.6 Å². The number of carbonyl (C=O) groups excluding carboxylic acids is 1. The molecule has 4 nitrogen and oxygen atoms in total. The van der Waals surface area contributed by atoms with Gasteiger partial charge >= 0.3 is 0 Å². The predicted molar refractivity (Wildman–Crippen MR) is 85.5 cm³/mol. The summed E-state index contributed by atoms with van der Waals surface area (Å²) in [5.74, 6) is 0.0687. The summed E-state index contributed by atoms with van der Waals surface area (Å²) in [6.45, 7) is 6.66. The number of rotatable bonds is 6. The number of hydrogen-bond acceptors (Lipinski definition) is 2. The number of quaternary nitrogens is 1. The van der Waals surface area contributed by atoms with E-state index < -0.39 is 0 Å². The smallest absolute Gasteiger partial charge is 0.275 e. The van der Waals surface area contributed by atoms with Gasteiger partial charge in [0.2, 0.25) is 0 Å². The molecule has 21 heavy (non-hydrogen) atoms. The summed E-state index contributed by atoms with van der Waals surface area (Å²) in [5.41, 5.74) is 1.88. The number of nitrogens with zero attached hydrogens (tertiary/aromatic N) is 1. The quantitative estimate of drug-likeness (QED) is 0.793. The van der Waals surface area contributed by atoms with Gasteiger partial charge in [-0.2, -0.15) is 0 Å². The Hall–Kier alpha value is -1.65. The summed E-state index contributed by atoms with van der Waals surface area (Å²) in [6, 6.07) is 9.98. The Kier molecular flexibility index (Phi) is 5.53. The number of benzene rings is 1. The van der Waals surface area contributed by atoms with Gasteiger partial charge in [0.1, 0.15) is 11.7 Å². The number of nitrogens with one attached hydrogen (secondary N) is 2. The third-order valence-electron chi connectivity index (χ3n) is 3.48. The first kappa shape index (κ1) is 15.7. The third-order valence-corrected chi connectivity index (χ3v) is 3.80. The molecule has 112 valence electrons. The molecular weight excluding hydrogens is 286 g/mol. The molecule has 0 radical (unpaired) electrons. The highest BCUT2D eigenvalue weighted by Crippen LogP contribution is 2.19. The predicted octanol–water partition coefficient (Wildman–Crippen LogP) is 1.43. The highest BCUT2D eigenvalue weighted by atomic mass is 35.5. The van der Waals surface area contributed by atoms with E-state index in [9.17, 15) is 4.79 Å². The summed E-state index contributed by atoms with van der Waals surface area (Å²) in [6.07, 6.45) is 0. The van der Waals surface area contributed by atoms with Crippen LogP contribution in [0.5, 0.6) is 0 Å². The van der Waals surface area contributed by atoms with Crippen molar-refractivity contribution in [1.82, 2.24) is 10.3 Å². The molecular formula is C16H21ClN3O+. The second-order valence-corrected chi connectivity index (χ2v) is 5.40. The molecule has 0 aliphatic rings. The van der Waals surface area contributed by atoms with Crippen molar-refractivity contribution in [2.45, 2.75) is 20.4 Å². The lowest BCUT2D eigenvalue weighted by Crippen LogP contribution is -3.11. The van der Waals surface area contributed by atoms with Gasteiger partial charge in [0, 0.05) is 17.5 Å². The first-order chi connectivity index (χ1) is 10.1. The molecule has 2 rings (SSSR count). The molecule has 0 aliphatic heterocycles. The number of aromatic nitrogens is 1. The highest BCUT2D eigenvalue weighted by molar-refractivity contribution is 6.30. The summed E-state index contributed by atoms with van der Waals surface area (Å²) in [7, 11) is 0. The molecule has 1 aromatic carbocycles. The van der Waals surface area contributed by atoms with Crippen LogP contribution in [0.1, 0.15) is 19.4 Å². The van der Waals surface area contributed by atoms with E-state index in [2.05, 4.69) is 23.3 Å². The first-order valence-electron chi connectivity index (χ1n) is 7.28. The SMILES string of the molecule is CCNC(=O)C[NH+](CC)Cc1cc2ccccc2nc1Cl. The molecule has 0 saturated carbocycles. The van der Waals surface area contributed by atoms with Crippen LogP contribution in [0.4, 0.5) is 0 Å². The lowest BCUT2D eigenvalue weighted by molar-refractivity contribution is -0.904. The minimum Gasteiger partial charge on any atom is -0.351 e. The van der Waals surface area contributed by atoms with Crippen molar-refractivity contribution in [3.63, 3.8) is 0 Å². The number of amides is 1. The van der Waals surface area contributed by atoms with E-state index in [-0.39, 0.29) is 5.91 Å². The highest BCUT2D eigenvalue weighted by Gasteiger charge is 2.15. The zero-order valence-corrected chi connectivity index (χ0v) is 13.2. The van der Waals surface area contributed by atoms with E-state index in [0.717, 1.165) is 23.0 Å². The van der Waals surface area contributed by atoms with Gasteiger partial charge in [0.25, 0.3) is 5.91 Å². The van der Waals surface area contributed by atoms with E-state index in [0.29, 0.717) is 24.8 Å². The molecule has 0 fully saturated rings. The maximum Gasteiger partial charge on any atom is 0.275 e. The monoisotopic (exact) mass is 306 g/mol. The Morgan fingerprint density at radius 3 is 2.81 bits per heavy atom. The van der Waals surface area contributed by atoms with Crippen molar-refractivity contribution >= 4 is 28.4 Å². The van der Waals surface area contributed by atoms with Crippen molar-refractivity contribution in [3.05, 3.63) is 41.0 Å². The number of pyridine rings is 1. The van der Waals surface area contributed by atoms with Gasteiger partial charge in [-0.25, -0.2) is 4.98 Å². The molecule has 1 aromatic heterocycles. The van der Waals surface area contributed by atoms with Gasteiger partial charge in [0.15, 0.2) is 6.54 Å². The fourth-order valence-electron chi connectivity index (χ4n) is 2.33. The molecule has 5 heteroatoms. The number of carbonyl (C=O) groups is 1. The van der Waals surface area contributed by atoms with Crippen LogP contribution in [0.3, 0.4) is 0 Å². The average molecular weight is 307 g/mol. The van der Waals surface area contributed by atoms with Crippen LogP contribution >= 0.6 is 11.6 Å². The second-order valence-electron chi connectivity index (χ2n) is 5.04. The molecule has 2 N–H and O–H groups in total. The van der Waals surface area contributed by atoms with Gasteiger partial charge < -0.3 is 10.2 Å². The van der Waals surface area contributed by atoms with E-state index in [1.807, 2.05) is 31.2 Å². The van der Waals surface area contributed by atoms with Crippen molar-refractivity contribution < 1.29 is 9.69 Å². The standard InChI is InChI=1S/C16H20ClN3O/c1-3-18-15(21)11-20(4-2)10-13-9-12-7-5-6-8-14(12)19-16(13)17/h5-9H,3-4,10-11H2,1-2H3,(H,18,21)/p+1. The van der Waals surface area contributed by atoms with Crippen LogP contribution in [0.15, 0.2) is 30.3 Å². The lowest BCUT2D eigenvalue weighted by Gasteiger charge is -2.17. The van der Waals surface area contributed by atoms with Gasteiger partial charge in [-0.3, -0.25) is 4.79 Å². The normalized spacial score (nSPS) is 12.3. The number of hydrogen-bond donors (Lipinski definition) is 2. The third kappa shape index (κ3) is 4.16. The molecule has 0 spiro atoms. The van der Waals surface area contributed by atoms with E-state index >= 15 is 0 Å². The molecule has 0 saturated heterocycles. The molecule has 1 amide bonds. The van der Waals surface area contributed by atoms with E-state index in [1.165, 1.54) is 4.90 Å². The Bertz CT molecular complexity index is 630. The Morgan fingerprint density at radius 1 is 1.33 bits per heavy atom. The molecule has 1 atom stereocenters. The molecule has 0 bridgehead atoms. The minimum absolute atomic E-state index is 0.0687. The van der Waals surface area contributed by atoms with Gasteiger partial charge in [-0.1, -0.05) is 29.8 Å². The molecule has 1 unspecified atom stereocenters. The molecule has 2 aromatic rings. The maximum absolute atomic E-state index is 11.7.